The first-order valence-electron chi connectivity index (χ1n) is 15.3. The zero-order valence-corrected chi connectivity index (χ0v) is 28.0. The Morgan fingerprint density at radius 1 is 0.864 bits per heavy atom. The van der Waals surface area contributed by atoms with E-state index in [0.717, 1.165) is 42.7 Å². The molecule has 0 spiro atoms. The van der Waals surface area contributed by atoms with Crippen molar-refractivity contribution < 1.29 is 9.59 Å². The second kappa shape index (κ2) is 23.5. The van der Waals surface area contributed by atoms with E-state index >= 15 is 0 Å². The number of rotatable bonds is 11. The molecule has 242 valence electrons. The molecule has 0 aliphatic carbocycles. The van der Waals surface area contributed by atoms with Crippen LogP contribution in [0.2, 0.25) is 0 Å². The Bertz CT molecular complexity index is 1140. The predicted molar refractivity (Wildman–Crippen MR) is 188 cm³/mol. The predicted octanol–water partition coefficient (Wildman–Crippen LogP) is 6.40. The molecule has 2 atom stereocenters. The van der Waals surface area contributed by atoms with Gasteiger partial charge in [0.25, 0.3) is 0 Å². The summed E-state index contributed by atoms with van der Waals surface area (Å²) in [7, 11) is 4.25. The first-order chi connectivity index (χ1) is 20.9. The van der Waals surface area contributed by atoms with E-state index in [1.165, 1.54) is 18.4 Å². The molecule has 1 amide bonds. The number of carbonyl (C=O) groups excluding carboxylic acids is 2. The van der Waals surface area contributed by atoms with Crippen LogP contribution in [0.25, 0.3) is 5.70 Å². The van der Waals surface area contributed by atoms with Gasteiger partial charge in [0, 0.05) is 31.4 Å². The van der Waals surface area contributed by atoms with E-state index in [9.17, 15) is 4.79 Å². The lowest BCUT2D eigenvalue weighted by molar-refractivity contribution is -0.106. The number of nitrogens with zero attached hydrogens (tertiary/aromatic N) is 2. The first-order valence-corrected chi connectivity index (χ1v) is 15.3. The van der Waals surface area contributed by atoms with Crippen LogP contribution in [-0.4, -0.2) is 55.7 Å². The van der Waals surface area contributed by atoms with Gasteiger partial charge in [-0.3, -0.25) is 9.59 Å². The van der Waals surface area contributed by atoms with Gasteiger partial charge in [-0.1, -0.05) is 125 Å². The summed E-state index contributed by atoms with van der Waals surface area (Å²) in [6, 6.07) is 30.1. The molecule has 0 saturated heterocycles. The number of benzene rings is 3. The Labute approximate surface area is 267 Å². The number of amides is 1. The smallest absolute Gasteiger partial charge is 0.204 e. The minimum atomic E-state index is 0.250. The number of nitrogens with two attached hydrogens (primary N) is 3. The summed E-state index contributed by atoms with van der Waals surface area (Å²) >= 11 is 0. The van der Waals surface area contributed by atoms with Crippen molar-refractivity contribution in [3.8, 4) is 0 Å². The van der Waals surface area contributed by atoms with E-state index in [-0.39, 0.29) is 6.41 Å². The maximum atomic E-state index is 10.0. The minimum absolute atomic E-state index is 0.250. The average Bonchev–Trinajstić information content (AvgIpc) is 3.03. The summed E-state index contributed by atoms with van der Waals surface area (Å²) in [4.78, 5) is 23.1. The fourth-order valence-electron chi connectivity index (χ4n) is 4.12. The lowest BCUT2D eigenvalue weighted by atomic mass is 9.87. The fourth-order valence-corrected chi connectivity index (χ4v) is 4.12. The van der Waals surface area contributed by atoms with Gasteiger partial charge in [-0.05, 0) is 55.9 Å². The topological polar surface area (TPSA) is 119 Å². The van der Waals surface area contributed by atoms with Crippen LogP contribution in [0.15, 0.2) is 97.2 Å². The molecule has 2 unspecified atom stereocenters. The molecular weight excluding hydrogens is 546 g/mol. The van der Waals surface area contributed by atoms with Gasteiger partial charge in [0.15, 0.2) is 0 Å². The fraction of sp³-hybridized carbons (Fsp3) is 0.405. The number of primary amides is 1. The van der Waals surface area contributed by atoms with E-state index in [4.69, 9.17) is 16.3 Å². The van der Waals surface area contributed by atoms with Gasteiger partial charge in [0.2, 0.25) is 6.41 Å². The largest absolute Gasteiger partial charge is 0.397 e. The van der Waals surface area contributed by atoms with Gasteiger partial charge < -0.3 is 27.0 Å². The lowest BCUT2D eigenvalue weighted by Crippen LogP contribution is -2.40. The SMILES string of the molecule is CCC(CN)CCN(C)C(C)C(C)(C)C.CN(/C=C(\N)c1ccccc1)Cc1ccccc1.NC=O.O=Cc1ccccc1. The zero-order valence-electron chi connectivity index (χ0n) is 28.0. The Morgan fingerprint density at radius 3 is 1.75 bits per heavy atom. The van der Waals surface area contributed by atoms with Gasteiger partial charge >= 0.3 is 0 Å². The van der Waals surface area contributed by atoms with E-state index in [0.29, 0.717) is 17.4 Å². The highest BCUT2D eigenvalue weighted by molar-refractivity contribution is 5.74. The number of aldehydes is 1. The molecule has 3 aromatic rings. The number of carbonyl (C=O) groups is 2. The van der Waals surface area contributed by atoms with Crippen molar-refractivity contribution in [1.82, 2.24) is 9.80 Å². The maximum absolute atomic E-state index is 10.0. The molecule has 0 aliphatic heterocycles. The normalized spacial score (nSPS) is 12.2. The van der Waals surface area contributed by atoms with Gasteiger partial charge in [0.1, 0.15) is 6.29 Å². The van der Waals surface area contributed by atoms with Crippen molar-refractivity contribution in [2.45, 2.75) is 60.0 Å². The van der Waals surface area contributed by atoms with E-state index < -0.39 is 0 Å². The van der Waals surface area contributed by atoms with Crippen LogP contribution in [0, 0.1) is 11.3 Å². The molecule has 0 aromatic heterocycles. The van der Waals surface area contributed by atoms with Crippen LogP contribution < -0.4 is 17.2 Å². The highest BCUT2D eigenvalue weighted by Crippen LogP contribution is 2.23. The molecule has 7 nitrogen and oxygen atoms in total. The molecule has 0 bridgehead atoms. The van der Waals surface area contributed by atoms with Crippen LogP contribution in [0.1, 0.15) is 68.9 Å². The summed E-state index contributed by atoms with van der Waals surface area (Å²) in [6.07, 6.45) is 5.49. The third-order valence-corrected chi connectivity index (χ3v) is 7.39. The molecule has 3 aromatic carbocycles. The van der Waals surface area contributed by atoms with Crippen LogP contribution in [0.3, 0.4) is 0 Å². The van der Waals surface area contributed by atoms with E-state index in [1.54, 1.807) is 12.1 Å². The number of hydrogen-bond acceptors (Lipinski definition) is 6. The van der Waals surface area contributed by atoms with E-state index in [1.807, 2.05) is 80.0 Å². The monoisotopic (exact) mass is 603 g/mol. The van der Waals surface area contributed by atoms with Gasteiger partial charge in [0.05, 0.1) is 5.70 Å². The van der Waals surface area contributed by atoms with Crippen molar-refractivity contribution in [3.63, 3.8) is 0 Å². The third-order valence-electron chi connectivity index (χ3n) is 7.39. The quantitative estimate of drug-likeness (QED) is 0.218. The van der Waals surface area contributed by atoms with Crippen LogP contribution >= 0.6 is 0 Å². The molecule has 0 heterocycles. The minimum Gasteiger partial charge on any atom is -0.397 e. The Kier molecular flexibility index (Phi) is 21.4. The standard InChI is InChI=1S/C16H18N2.C13H30N2.C7H6O.CH3NO/c1-18(12-14-8-4-2-5-9-14)13-16(17)15-10-6-3-7-11-15;1-7-12(10-14)8-9-15(6)11(2)13(3,4)5;8-6-7-4-2-1-3-5-7;2-1-3/h2-11,13H,12,17H2,1H3;11-12H,7-10,14H2,1-6H3;1-6H;1H,(H2,2,3)/b16-13-;;;. The second-order valence-electron chi connectivity index (χ2n) is 11.8. The average molecular weight is 604 g/mol. The van der Waals surface area contributed by atoms with E-state index in [2.05, 4.69) is 69.3 Å². The van der Waals surface area contributed by atoms with Gasteiger partial charge in [-0.15, -0.1) is 0 Å². The van der Waals surface area contributed by atoms with Crippen LogP contribution in [0.5, 0.6) is 0 Å². The zero-order chi connectivity index (χ0) is 33.4. The Hall–Kier alpha value is -3.94. The molecule has 0 saturated carbocycles. The molecular formula is C37H57N5O2. The maximum Gasteiger partial charge on any atom is 0.204 e. The third kappa shape index (κ3) is 18.6. The molecule has 0 aliphatic rings. The summed E-state index contributed by atoms with van der Waals surface area (Å²) in [5, 5.41) is 0. The van der Waals surface area contributed by atoms with Crippen LogP contribution in [0.4, 0.5) is 0 Å². The molecule has 6 N–H and O–H groups in total. The number of hydrogen-bond donors (Lipinski definition) is 3. The lowest BCUT2D eigenvalue weighted by Gasteiger charge is -2.36. The molecule has 3 rings (SSSR count). The highest BCUT2D eigenvalue weighted by atomic mass is 16.1. The van der Waals surface area contributed by atoms with Crippen molar-refractivity contribution in [1.29, 1.82) is 0 Å². The van der Waals surface area contributed by atoms with Crippen LogP contribution in [-0.2, 0) is 11.3 Å². The second-order valence-corrected chi connectivity index (χ2v) is 11.8. The Morgan fingerprint density at radius 2 is 1.34 bits per heavy atom. The summed E-state index contributed by atoms with van der Waals surface area (Å²) in [5.74, 6) is 0.694. The summed E-state index contributed by atoms with van der Waals surface area (Å²) < 4.78 is 0. The van der Waals surface area contributed by atoms with Crippen molar-refractivity contribution in [2.75, 3.05) is 27.2 Å². The van der Waals surface area contributed by atoms with Gasteiger partial charge in [-0.25, -0.2) is 0 Å². The van der Waals surface area contributed by atoms with Crippen molar-refractivity contribution in [2.24, 2.45) is 28.5 Å². The van der Waals surface area contributed by atoms with Gasteiger partial charge in [-0.2, -0.15) is 0 Å². The summed E-state index contributed by atoms with van der Waals surface area (Å²) in [6.45, 7) is 14.3. The molecule has 0 radical (unpaired) electrons. The molecule has 7 heteroatoms. The highest BCUT2D eigenvalue weighted by Gasteiger charge is 2.23. The van der Waals surface area contributed by atoms with Crippen molar-refractivity contribution in [3.05, 3.63) is 114 Å². The Balaban J connectivity index is 0.000000638. The summed E-state index contributed by atoms with van der Waals surface area (Å²) in [5.41, 5.74) is 20.2. The first kappa shape index (κ1) is 40.1. The molecule has 0 fully saturated rings. The van der Waals surface area contributed by atoms with Crippen molar-refractivity contribution >= 4 is 18.4 Å². The molecule has 44 heavy (non-hydrogen) atoms.